The lowest BCUT2D eigenvalue weighted by molar-refractivity contribution is -0.142. The molecule has 0 aromatic heterocycles. The molecule has 0 bridgehead atoms. The van der Waals surface area contributed by atoms with Gasteiger partial charge in [0.25, 0.3) is 5.91 Å². The van der Waals surface area contributed by atoms with Crippen molar-refractivity contribution in [2.75, 3.05) is 13.2 Å². The summed E-state index contributed by atoms with van der Waals surface area (Å²) in [5, 5.41) is 3.00. The SMILES string of the molecule is CCCNC(=O)C(Cc1ccccc1)N(Cc1ccc(Br)cc1)C(=O)COc1ccccc1C(C)C. The second kappa shape index (κ2) is 13.8. The predicted octanol–water partition coefficient (Wildman–Crippen LogP) is 6.12. The fourth-order valence-corrected chi connectivity index (χ4v) is 4.28. The summed E-state index contributed by atoms with van der Waals surface area (Å²) in [5.74, 6) is 0.568. The van der Waals surface area contributed by atoms with E-state index < -0.39 is 6.04 Å². The number of nitrogens with zero attached hydrogens (tertiary/aromatic N) is 1. The molecule has 190 valence electrons. The number of hydrogen-bond donors (Lipinski definition) is 1. The van der Waals surface area contributed by atoms with Crippen LogP contribution in [0.4, 0.5) is 0 Å². The quantitative estimate of drug-likeness (QED) is 0.295. The molecule has 0 saturated carbocycles. The van der Waals surface area contributed by atoms with Crippen molar-refractivity contribution in [1.29, 1.82) is 0 Å². The Kier molecular flexibility index (Phi) is 10.6. The normalized spacial score (nSPS) is 11.7. The van der Waals surface area contributed by atoms with Gasteiger partial charge in [-0.3, -0.25) is 9.59 Å². The maximum absolute atomic E-state index is 13.7. The van der Waals surface area contributed by atoms with E-state index in [1.165, 1.54) is 0 Å². The third kappa shape index (κ3) is 7.95. The van der Waals surface area contributed by atoms with E-state index in [0.29, 0.717) is 25.3 Å². The third-order valence-electron chi connectivity index (χ3n) is 5.98. The Morgan fingerprint density at radius 2 is 1.58 bits per heavy atom. The largest absolute Gasteiger partial charge is 0.483 e. The molecule has 3 aromatic rings. The fraction of sp³-hybridized carbons (Fsp3) is 0.333. The van der Waals surface area contributed by atoms with Crippen molar-refractivity contribution in [3.63, 3.8) is 0 Å². The highest BCUT2D eigenvalue weighted by molar-refractivity contribution is 9.10. The molecular formula is C30H35BrN2O3. The van der Waals surface area contributed by atoms with Gasteiger partial charge in [0.15, 0.2) is 6.61 Å². The Hall–Kier alpha value is -3.12. The zero-order chi connectivity index (χ0) is 25.9. The van der Waals surface area contributed by atoms with Gasteiger partial charge in [-0.2, -0.15) is 0 Å². The Morgan fingerprint density at radius 3 is 2.25 bits per heavy atom. The first-order valence-corrected chi connectivity index (χ1v) is 13.3. The van der Waals surface area contributed by atoms with Crippen LogP contribution in [-0.2, 0) is 22.6 Å². The number of nitrogens with one attached hydrogen (secondary N) is 1. The molecular weight excluding hydrogens is 516 g/mol. The highest BCUT2D eigenvalue weighted by Gasteiger charge is 2.30. The molecule has 1 N–H and O–H groups in total. The van der Waals surface area contributed by atoms with E-state index in [-0.39, 0.29) is 24.3 Å². The van der Waals surface area contributed by atoms with Crippen LogP contribution in [0.1, 0.15) is 49.8 Å². The van der Waals surface area contributed by atoms with Crippen molar-refractivity contribution >= 4 is 27.7 Å². The van der Waals surface area contributed by atoms with Crippen molar-refractivity contribution in [3.8, 4) is 5.75 Å². The highest BCUT2D eigenvalue weighted by Crippen LogP contribution is 2.26. The van der Waals surface area contributed by atoms with Gasteiger partial charge < -0.3 is 15.0 Å². The van der Waals surface area contributed by atoms with Crippen LogP contribution < -0.4 is 10.1 Å². The lowest BCUT2D eigenvalue weighted by atomic mass is 10.0. The van der Waals surface area contributed by atoms with Crippen molar-refractivity contribution in [3.05, 3.63) is 100 Å². The van der Waals surface area contributed by atoms with E-state index in [9.17, 15) is 9.59 Å². The van der Waals surface area contributed by atoms with Crippen LogP contribution in [0, 0.1) is 0 Å². The Labute approximate surface area is 223 Å². The van der Waals surface area contributed by atoms with Crippen LogP contribution in [0.5, 0.6) is 5.75 Å². The second-order valence-corrected chi connectivity index (χ2v) is 10.0. The van der Waals surface area contributed by atoms with Gasteiger partial charge in [-0.05, 0) is 47.2 Å². The Balaban J connectivity index is 1.90. The van der Waals surface area contributed by atoms with Crippen LogP contribution in [0.15, 0.2) is 83.3 Å². The summed E-state index contributed by atoms with van der Waals surface area (Å²) in [6.45, 7) is 6.92. The summed E-state index contributed by atoms with van der Waals surface area (Å²) in [6, 6.07) is 24.7. The molecule has 36 heavy (non-hydrogen) atoms. The summed E-state index contributed by atoms with van der Waals surface area (Å²) in [5.41, 5.74) is 2.98. The van der Waals surface area contributed by atoms with Crippen LogP contribution in [0.3, 0.4) is 0 Å². The lowest BCUT2D eigenvalue weighted by Gasteiger charge is -2.31. The number of para-hydroxylation sites is 1. The number of ether oxygens (including phenoxy) is 1. The summed E-state index contributed by atoms with van der Waals surface area (Å²) < 4.78 is 6.99. The van der Waals surface area contributed by atoms with Gasteiger partial charge in [0, 0.05) is 24.0 Å². The Bertz CT molecular complexity index is 1120. The molecule has 0 aliphatic heterocycles. The first kappa shape index (κ1) is 27.5. The molecule has 5 nitrogen and oxygen atoms in total. The number of hydrogen-bond acceptors (Lipinski definition) is 3. The number of carbonyl (C=O) groups is 2. The number of amides is 2. The van der Waals surface area contributed by atoms with Crippen LogP contribution in [0.2, 0.25) is 0 Å². The molecule has 0 spiro atoms. The summed E-state index contributed by atoms with van der Waals surface area (Å²) in [7, 11) is 0. The van der Waals surface area contributed by atoms with Gasteiger partial charge in [-0.25, -0.2) is 0 Å². The molecule has 3 rings (SSSR count). The van der Waals surface area contributed by atoms with Crippen molar-refractivity contribution in [1.82, 2.24) is 10.2 Å². The zero-order valence-corrected chi connectivity index (χ0v) is 22.8. The van der Waals surface area contributed by atoms with Crippen molar-refractivity contribution in [2.45, 2.75) is 52.1 Å². The summed E-state index contributed by atoms with van der Waals surface area (Å²) >= 11 is 3.47. The highest BCUT2D eigenvalue weighted by atomic mass is 79.9. The zero-order valence-electron chi connectivity index (χ0n) is 21.2. The summed E-state index contributed by atoms with van der Waals surface area (Å²) in [4.78, 5) is 28.7. The van der Waals surface area contributed by atoms with Gasteiger partial charge in [0.05, 0.1) is 0 Å². The summed E-state index contributed by atoms with van der Waals surface area (Å²) in [6.07, 6.45) is 1.24. The van der Waals surface area contributed by atoms with E-state index in [1.807, 2.05) is 85.8 Å². The third-order valence-corrected chi connectivity index (χ3v) is 6.51. The molecule has 6 heteroatoms. The van der Waals surface area contributed by atoms with E-state index in [2.05, 4.69) is 35.1 Å². The molecule has 2 amide bonds. The number of halogens is 1. The second-order valence-electron chi connectivity index (χ2n) is 9.13. The topological polar surface area (TPSA) is 58.6 Å². The molecule has 0 aliphatic carbocycles. The first-order valence-electron chi connectivity index (χ1n) is 12.5. The van der Waals surface area contributed by atoms with Crippen LogP contribution >= 0.6 is 15.9 Å². The van der Waals surface area contributed by atoms with Gasteiger partial charge >= 0.3 is 0 Å². The van der Waals surface area contributed by atoms with Crippen LogP contribution in [0.25, 0.3) is 0 Å². The molecule has 1 unspecified atom stereocenters. The number of benzene rings is 3. The smallest absolute Gasteiger partial charge is 0.261 e. The standard InChI is InChI=1S/C30H35BrN2O3/c1-4-18-32-30(35)27(19-23-10-6-5-7-11-23)33(20-24-14-16-25(31)17-15-24)29(34)21-36-28-13-9-8-12-26(28)22(2)3/h5-17,22,27H,4,18-21H2,1-3H3,(H,32,35). The maximum Gasteiger partial charge on any atom is 0.261 e. The molecule has 0 aliphatic rings. The molecule has 0 fully saturated rings. The van der Waals surface area contributed by atoms with E-state index in [1.54, 1.807) is 4.90 Å². The molecule has 3 aromatic carbocycles. The minimum absolute atomic E-state index is 0.146. The van der Waals surface area contributed by atoms with E-state index >= 15 is 0 Å². The Morgan fingerprint density at radius 1 is 0.917 bits per heavy atom. The monoisotopic (exact) mass is 550 g/mol. The van der Waals surface area contributed by atoms with Gasteiger partial charge in [0.1, 0.15) is 11.8 Å². The minimum Gasteiger partial charge on any atom is -0.483 e. The molecule has 0 heterocycles. The van der Waals surface area contributed by atoms with E-state index in [4.69, 9.17) is 4.74 Å². The maximum atomic E-state index is 13.7. The van der Waals surface area contributed by atoms with Gasteiger partial charge in [-0.15, -0.1) is 0 Å². The molecule has 0 saturated heterocycles. The average Bonchev–Trinajstić information content (AvgIpc) is 2.89. The minimum atomic E-state index is -0.668. The lowest BCUT2D eigenvalue weighted by Crippen LogP contribution is -2.51. The predicted molar refractivity (Wildman–Crippen MR) is 148 cm³/mol. The van der Waals surface area contributed by atoms with Gasteiger partial charge in [-0.1, -0.05) is 97.4 Å². The first-order chi connectivity index (χ1) is 17.4. The van der Waals surface area contributed by atoms with E-state index in [0.717, 1.165) is 27.6 Å². The molecule has 0 radical (unpaired) electrons. The van der Waals surface area contributed by atoms with Gasteiger partial charge in [0.2, 0.25) is 5.91 Å². The average molecular weight is 552 g/mol. The number of carbonyl (C=O) groups excluding carboxylic acids is 2. The fourth-order valence-electron chi connectivity index (χ4n) is 4.02. The number of rotatable bonds is 12. The van der Waals surface area contributed by atoms with Crippen molar-refractivity contribution < 1.29 is 14.3 Å². The van der Waals surface area contributed by atoms with Crippen molar-refractivity contribution in [2.24, 2.45) is 0 Å². The van der Waals surface area contributed by atoms with Crippen LogP contribution in [-0.4, -0.2) is 35.9 Å². The molecule has 1 atom stereocenters.